The Balaban J connectivity index is 1.60. The third kappa shape index (κ3) is 2.08. The normalized spacial score (nSPS) is 21.1. The van der Waals surface area contributed by atoms with Crippen LogP contribution < -0.4 is 4.74 Å². The zero-order valence-corrected chi connectivity index (χ0v) is 15.4. The van der Waals surface area contributed by atoms with E-state index in [0.717, 1.165) is 16.9 Å². The number of fused-ring (bicyclic) bond motifs is 4. The lowest BCUT2D eigenvalue weighted by Gasteiger charge is -2.20. The molecule has 1 heterocycles. The van der Waals surface area contributed by atoms with E-state index in [4.69, 9.17) is 4.74 Å². The van der Waals surface area contributed by atoms with Crippen LogP contribution in [0.1, 0.15) is 47.8 Å². The molecular weight excluding hydrogens is 320 g/mol. The highest BCUT2D eigenvalue weighted by Crippen LogP contribution is 2.46. The van der Waals surface area contributed by atoms with Crippen molar-refractivity contribution in [3.8, 4) is 5.75 Å². The summed E-state index contributed by atoms with van der Waals surface area (Å²) in [6, 6.07) is 18.7. The molecule has 5 rings (SSSR count). The van der Waals surface area contributed by atoms with Crippen LogP contribution in [0.2, 0.25) is 0 Å². The molecule has 1 aliphatic heterocycles. The van der Waals surface area contributed by atoms with Crippen molar-refractivity contribution < 1.29 is 9.53 Å². The van der Waals surface area contributed by atoms with Crippen molar-refractivity contribution in [2.75, 3.05) is 0 Å². The van der Waals surface area contributed by atoms with Gasteiger partial charge in [0.25, 0.3) is 0 Å². The van der Waals surface area contributed by atoms with E-state index < -0.39 is 5.60 Å². The average Bonchev–Trinajstić information content (AvgIpc) is 3.12. The van der Waals surface area contributed by atoms with Gasteiger partial charge in [0.2, 0.25) is 5.78 Å². The Bertz CT molecular complexity index is 1070. The summed E-state index contributed by atoms with van der Waals surface area (Å²) in [7, 11) is 0. The summed E-state index contributed by atoms with van der Waals surface area (Å²) >= 11 is 0. The Morgan fingerprint density at radius 2 is 1.77 bits per heavy atom. The van der Waals surface area contributed by atoms with Crippen LogP contribution in [0.3, 0.4) is 0 Å². The van der Waals surface area contributed by atoms with Crippen molar-refractivity contribution in [1.82, 2.24) is 0 Å². The fourth-order valence-corrected chi connectivity index (χ4v) is 4.41. The number of ether oxygens (including phenoxy) is 1. The molecule has 3 aromatic rings. The topological polar surface area (TPSA) is 26.3 Å². The second kappa shape index (κ2) is 4.97. The number of carbonyl (C=O) groups is 1. The standard InChI is InChI=1S/C24H22O2/c1-23(2,3)17-9-10-18-15(12-17)8-11-21-20(18)14-24(26-21)13-16-6-4-5-7-19(16)22(24)25/h4-12H,13-14H2,1-3H3. The first-order valence-corrected chi connectivity index (χ1v) is 9.25. The van der Waals surface area contributed by atoms with Crippen LogP contribution in [0.25, 0.3) is 10.8 Å². The predicted molar refractivity (Wildman–Crippen MR) is 104 cm³/mol. The van der Waals surface area contributed by atoms with Crippen molar-refractivity contribution in [3.05, 3.63) is 76.9 Å². The van der Waals surface area contributed by atoms with Crippen molar-refractivity contribution >= 4 is 16.6 Å². The molecule has 2 nitrogen and oxygen atoms in total. The van der Waals surface area contributed by atoms with E-state index in [-0.39, 0.29) is 11.2 Å². The maximum atomic E-state index is 13.1. The maximum Gasteiger partial charge on any atom is 0.207 e. The minimum absolute atomic E-state index is 0.119. The van der Waals surface area contributed by atoms with Gasteiger partial charge in [-0.3, -0.25) is 4.79 Å². The van der Waals surface area contributed by atoms with Gasteiger partial charge in [0, 0.05) is 24.0 Å². The van der Waals surface area contributed by atoms with E-state index >= 15 is 0 Å². The molecule has 0 aromatic heterocycles. The lowest BCUT2D eigenvalue weighted by atomic mass is 9.84. The van der Waals surface area contributed by atoms with Gasteiger partial charge >= 0.3 is 0 Å². The predicted octanol–water partition coefficient (Wildman–Crippen LogP) is 5.25. The molecule has 1 atom stereocenters. The number of hydrogen-bond donors (Lipinski definition) is 0. The molecular formula is C24H22O2. The summed E-state index contributed by atoms with van der Waals surface area (Å²) < 4.78 is 6.31. The lowest BCUT2D eigenvalue weighted by molar-refractivity contribution is 0.0583. The molecule has 1 unspecified atom stereocenters. The van der Waals surface area contributed by atoms with Gasteiger partial charge in [-0.2, -0.15) is 0 Å². The van der Waals surface area contributed by atoms with Gasteiger partial charge in [0.15, 0.2) is 5.60 Å². The minimum Gasteiger partial charge on any atom is -0.478 e. The number of Topliss-reactive ketones (excluding diaryl/α,β-unsaturated/α-hetero) is 1. The zero-order valence-electron chi connectivity index (χ0n) is 15.4. The summed E-state index contributed by atoms with van der Waals surface area (Å²) in [5.74, 6) is 0.992. The fourth-order valence-electron chi connectivity index (χ4n) is 4.41. The largest absolute Gasteiger partial charge is 0.478 e. The number of hydrogen-bond acceptors (Lipinski definition) is 2. The zero-order chi connectivity index (χ0) is 18.1. The molecule has 2 heteroatoms. The third-order valence-electron chi connectivity index (χ3n) is 5.87. The third-order valence-corrected chi connectivity index (χ3v) is 5.87. The SMILES string of the molecule is CC(C)(C)c1ccc2c3c(ccc2c1)OC1(Cc2ccccc2C1=O)C3. The van der Waals surface area contributed by atoms with Gasteiger partial charge < -0.3 is 4.74 Å². The molecule has 2 aliphatic rings. The number of ketones is 1. The highest BCUT2D eigenvalue weighted by atomic mass is 16.5. The molecule has 0 amide bonds. The molecule has 0 saturated carbocycles. The van der Waals surface area contributed by atoms with Crippen molar-refractivity contribution in [3.63, 3.8) is 0 Å². The number of carbonyl (C=O) groups excluding carboxylic acids is 1. The molecule has 0 N–H and O–H groups in total. The Morgan fingerprint density at radius 1 is 0.962 bits per heavy atom. The van der Waals surface area contributed by atoms with E-state index in [9.17, 15) is 4.79 Å². The van der Waals surface area contributed by atoms with Crippen LogP contribution >= 0.6 is 0 Å². The molecule has 0 fully saturated rings. The second-order valence-corrected chi connectivity index (χ2v) is 8.66. The van der Waals surface area contributed by atoms with Crippen molar-refractivity contribution in [2.24, 2.45) is 0 Å². The van der Waals surface area contributed by atoms with E-state index in [2.05, 4.69) is 45.0 Å². The summed E-state index contributed by atoms with van der Waals surface area (Å²) in [4.78, 5) is 13.1. The van der Waals surface area contributed by atoms with E-state index in [1.165, 1.54) is 21.9 Å². The number of rotatable bonds is 0. The van der Waals surface area contributed by atoms with Gasteiger partial charge in [-0.15, -0.1) is 0 Å². The Labute approximate surface area is 153 Å². The Hall–Kier alpha value is -2.61. The molecule has 0 radical (unpaired) electrons. The minimum atomic E-state index is -0.747. The molecule has 1 spiro atoms. The molecule has 26 heavy (non-hydrogen) atoms. The summed E-state index contributed by atoms with van der Waals surface area (Å²) in [5, 5.41) is 2.43. The highest BCUT2D eigenvalue weighted by Gasteiger charge is 2.51. The van der Waals surface area contributed by atoms with E-state index in [0.29, 0.717) is 12.8 Å². The lowest BCUT2D eigenvalue weighted by Crippen LogP contribution is -2.41. The van der Waals surface area contributed by atoms with Crippen LogP contribution in [0.4, 0.5) is 0 Å². The number of benzene rings is 3. The van der Waals surface area contributed by atoms with Crippen LogP contribution in [0, 0.1) is 0 Å². The van der Waals surface area contributed by atoms with Gasteiger partial charge in [0.05, 0.1) is 0 Å². The molecule has 1 aliphatic carbocycles. The molecule has 130 valence electrons. The first-order valence-electron chi connectivity index (χ1n) is 9.25. The van der Waals surface area contributed by atoms with Gasteiger partial charge in [-0.25, -0.2) is 0 Å². The van der Waals surface area contributed by atoms with Crippen LogP contribution in [-0.2, 0) is 18.3 Å². The smallest absolute Gasteiger partial charge is 0.207 e. The maximum absolute atomic E-state index is 13.1. The Morgan fingerprint density at radius 3 is 2.54 bits per heavy atom. The first-order chi connectivity index (χ1) is 12.4. The average molecular weight is 342 g/mol. The summed E-state index contributed by atoms with van der Waals surface area (Å²) in [6.07, 6.45) is 1.32. The van der Waals surface area contributed by atoms with Gasteiger partial charge in [-0.05, 0) is 33.4 Å². The van der Waals surface area contributed by atoms with Crippen molar-refractivity contribution in [2.45, 2.75) is 44.6 Å². The second-order valence-electron chi connectivity index (χ2n) is 8.66. The van der Waals surface area contributed by atoms with Crippen LogP contribution in [0.5, 0.6) is 5.75 Å². The highest BCUT2D eigenvalue weighted by molar-refractivity contribution is 6.08. The van der Waals surface area contributed by atoms with Crippen molar-refractivity contribution in [1.29, 1.82) is 0 Å². The summed E-state index contributed by atoms with van der Waals surface area (Å²) in [6.45, 7) is 6.69. The summed E-state index contributed by atoms with van der Waals surface area (Å²) in [5.41, 5.74) is 3.79. The van der Waals surface area contributed by atoms with E-state index in [1.54, 1.807) is 0 Å². The van der Waals surface area contributed by atoms with Crippen LogP contribution in [0.15, 0.2) is 54.6 Å². The van der Waals surface area contributed by atoms with E-state index in [1.807, 2.05) is 30.3 Å². The molecule has 3 aromatic carbocycles. The van der Waals surface area contributed by atoms with Gasteiger partial charge in [-0.1, -0.05) is 69.3 Å². The molecule has 0 bridgehead atoms. The monoisotopic (exact) mass is 342 g/mol. The van der Waals surface area contributed by atoms with Crippen LogP contribution in [-0.4, -0.2) is 11.4 Å². The quantitative estimate of drug-likeness (QED) is 0.558. The fraction of sp³-hybridized carbons (Fsp3) is 0.292. The van der Waals surface area contributed by atoms with Gasteiger partial charge in [0.1, 0.15) is 5.75 Å². The Kier molecular flexibility index (Phi) is 2.99. The first kappa shape index (κ1) is 15.6. The molecule has 0 saturated heterocycles.